The smallest absolute Gasteiger partial charge is 0.337 e. The zero-order chi connectivity index (χ0) is 32.6. The summed E-state index contributed by atoms with van der Waals surface area (Å²) in [6.07, 6.45) is -0.259. The Balaban J connectivity index is 1.43. The lowest BCUT2D eigenvalue weighted by atomic mass is 9.78. The number of ether oxygens (including phenoxy) is 1. The number of carboxylic acid groups (broad SMARTS) is 1. The Morgan fingerprint density at radius 2 is 1.71 bits per heavy atom. The lowest BCUT2D eigenvalue weighted by Crippen LogP contribution is -2.54. The van der Waals surface area contributed by atoms with Crippen LogP contribution in [0.1, 0.15) is 75.9 Å². The Labute approximate surface area is 264 Å². The van der Waals surface area contributed by atoms with Crippen LogP contribution in [0.4, 0.5) is 4.79 Å². The molecule has 3 saturated heterocycles. The van der Waals surface area contributed by atoms with E-state index in [0.717, 1.165) is 0 Å². The number of hydrogen-bond donors (Lipinski definition) is 4. The minimum Gasteiger partial charge on any atom is -0.481 e. The van der Waals surface area contributed by atoms with E-state index in [0.29, 0.717) is 35.6 Å². The number of urea groups is 1. The second-order valence-electron chi connectivity index (χ2n) is 11.3. The van der Waals surface area contributed by atoms with E-state index < -0.39 is 59.0 Å². The highest BCUT2D eigenvalue weighted by molar-refractivity contribution is 8.01. The van der Waals surface area contributed by atoms with E-state index in [1.54, 1.807) is 30.3 Å². The topological polar surface area (TPSA) is 211 Å². The molecule has 1 aromatic rings. The first-order valence-electron chi connectivity index (χ1n) is 15.0. The number of unbranched alkanes of at least 4 members (excludes halogenated alkanes) is 1. The molecule has 0 aliphatic carbocycles. The third-order valence-electron chi connectivity index (χ3n) is 8.21. The minimum atomic E-state index is -1.07. The SMILES string of the molecule is NCCC(CCC(=O)OC(CC(=O)ON1C(=O)CCC1=O)c1ccccc1)C(=O)[C@@]1(CCCCC(=O)O)SC[C@@H]2NC(=O)N[C@@H]21. The maximum atomic E-state index is 14.2. The average molecular weight is 647 g/mol. The number of carbonyl (C=O) groups excluding carboxylic acids is 6. The van der Waals surface area contributed by atoms with E-state index in [1.165, 1.54) is 11.8 Å². The Morgan fingerprint density at radius 3 is 2.38 bits per heavy atom. The molecule has 0 spiro atoms. The maximum Gasteiger partial charge on any atom is 0.337 e. The minimum absolute atomic E-state index is 0.0352. The van der Waals surface area contributed by atoms with Crippen LogP contribution in [-0.4, -0.2) is 80.8 Å². The number of hydroxylamine groups is 2. The van der Waals surface area contributed by atoms with Gasteiger partial charge in [0, 0.05) is 37.4 Å². The summed E-state index contributed by atoms with van der Waals surface area (Å²) in [6, 6.07) is 7.35. The molecule has 4 rings (SSSR count). The zero-order valence-electron chi connectivity index (χ0n) is 24.7. The fourth-order valence-electron chi connectivity index (χ4n) is 5.99. The number of nitrogens with zero attached hydrogens (tertiary/aromatic N) is 1. The van der Waals surface area contributed by atoms with Crippen LogP contribution in [0.2, 0.25) is 0 Å². The Kier molecular flexibility index (Phi) is 11.6. The summed E-state index contributed by atoms with van der Waals surface area (Å²) in [6.45, 7) is 0.177. The summed E-state index contributed by atoms with van der Waals surface area (Å²) < 4.78 is 4.66. The normalized spacial score (nSPS) is 23.6. The highest BCUT2D eigenvalue weighted by Gasteiger charge is 2.58. The van der Waals surface area contributed by atoms with Crippen molar-refractivity contribution < 1.29 is 48.2 Å². The third-order valence-corrected chi connectivity index (χ3v) is 9.91. The predicted molar refractivity (Wildman–Crippen MR) is 159 cm³/mol. The summed E-state index contributed by atoms with van der Waals surface area (Å²) in [5, 5.41) is 15.2. The molecule has 0 radical (unpaired) electrons. The molecule has 244 valence electrons. The summed E-state index contributed by atoms with van der Waals surface area (Å²) in [5.74, 6) is -4.08. The molecule has 0 saturated carbocycles. The van der Waals surface area contributed by atoms with Crippen molar-refractivity contribution in [2.75, 3.05) is 12.3 Å². The summed E-state index contributed by atoms with van der Waals surface area (Å²) in [7, 11) is 0. The molecule has 3 heterocycles. The third kappa shape index (κ3) is 8.39. The number of fused-ring (bicyclic) bond motifs is 1. The van der Waals surface area contributed by atoms with E-state index in [4.69, 9.17) is 20.4 Å². The number of rotatable bonds is 17. The van der Waals surface area contributed by atoms with Crippen LogP contribution >= 0.6 is 11.8 Å². The molecule has 0 bridgehead atoms. The van der Waals surface area contributed by atoms with Crippen molar-refractivity contribution in [1.29, 1.82) is 0 Å². The number of Topliss-reactive ketones (excluding diaryl/α,β-unsaturated/α-hetero) is 1. The summed E-state index contributed by atoms with van der Waals surface area (Å²) in [4.78, 5) is 91.9. The quantitative estimate of drug-likeness (QED) is 0.0825. The van der Waals surface area contributed by atoms with Gasteiger partial charge in [0.25, 0.3) is 11.8 Å². The van der Waals surface area contributed by atoms with Crippen LogP contribution in [0.3, 0.4) is 0 Å². The Morgan fingerprint density at radius 1 is 1.00 bits per heavy atom. The number of thioether (sulfide) groups is 1. The maximum absolute atomic E-state index is 14.2. The molecule has 3 aliphatic rings. The molecule has 5 atom stereocenters. The number of carboxylic acids is 1. The van der Waals surface area contributed by atoms with Crippen molar-refractivity contribution in [3.63, 3.8) is 0 Å². The van der Waals surface area contributed by atoms with Crippen LogP contribution in [-0.2, 0) is 38.3 Å². The standard InChI is InChI=1S/C30H38N4O10S/c31-15-13-19(28(41)30(14-5-4-8-24(37)38)27-20(17-45-30)32-29(42)33-27)9-12-25(39)43-21(18-6-2-1-3-7-18)16-26(40)44-34-22(35)10-11-23(34)36/h1-3,6-7,19-21,27H,4-5,8-17,31H2,(H,37,38)(H2,32,33,42)/t19?,20-,21?,27-,30-/m0/s1. The summed E-state index contributed by atoms with van der Waals surface area (Å²) in [5.41, 5.74) is 6.37. The van der Waals surface area contributed by atoms with Gasteiger partial charge in [-0.2, -0.15) is 0 Å². The number of benzene rings is 1. The van der Waals surface area contributed by atoms with Gasteiger partial charge in [-0.3, -0.25) is 24.0 Å². The van der Waals surface area contributed by atoms with Gasteiger partial charge in [-0.25, -0.2) is 9.59 Å². The van der Waals surface area contributed by atoms with Gasteiger partial charge in [-0.15, -0.1) is 16.8 Å². The second kappa shape index (κ2) is 15.3. The van der Waals surface area contributed by atoms with Crippen molar-refractivity contribution in [1.82, 2.24) is 15.7 Å². The van der Waals surface area contributed by atoms with Gasteiger partial charge in [0.15, 0.2) is 5.78 Å². The van der Waals surface area contributed by atoms with E-state index in [9.17, 15) is 33.6 Å². The molecular weight excluding hydrogens is 608 g/mol. The first-order valence-corrected chi connectivity index (χ1v) is 16.0. The fraction of sp³-hybridized carbons (Fsp3) is 0.567. The largest absolute Gasteiger partial charge is 0.481 e. The lowest BCUT2D eigenvalue weighted by Gasteiger charge is -2.35. The number of ketones is 1. The molecule has 14 nitrogen and oxygen atoms in total. The number of amides is 4. The predicted octanol–water partition coefficient (Wildman–Crippen LogP) is 1.76. The molecule has 4 amide bonds. The number of carbonyl (C=O) groups is 7. The van der Waals surface area contributed by atoms with Gasteiger partial charge in [0.2, 0.25) is 0 Å². The monoisotopic (exact) mass is 646 g/mol. The van der Waals surface area contributed by atoms with Crippen LogP contribution in [0, 0.1) is 5.92 Å². The van der Waals surface area contributed by atoms with E-state index in [-0.39, 0.29) is 62.9 Å². The molecule has 2 unspecified atom stereocenters. The van der Waals surface area contributed by atoms with Crippen LogP contribution in [0.5, 0.6) is 0 Å². The van der Waals surface area contributed by atoms with E-state index in [1.807, 2.05) is 0 Å². The van der Waals surface area contributed by atoms with Gasteiger partial charge in [-0.1, -0.05) is 36.8 Å². The number of hydrogen-bond acceptors (Lipinski definition) is 11. The molecule has 1 aromatic carbocycles. The highest BCUT2D eigenvalue weighted by atomic mass is 32.2. The van der Waals surface area contributed by atoms with Gasteiger partial charge in [0.1, 0.15) is 6.10 Å². The lowest BCUT2D eigenvalue weighted by molar-refractivity contribution is -0.199. The second-order valence-corrected chi connectivity index (χ2v) is 12.7. The van der Waals surface area contributed by atoms with Crippen LogP contribution < -0.4 is 16.4 Å². The Hall–Kier alpha value is -3.98. The van der Waals surface area contributed by atoms with Crippen molar-refractivity contribution in [3.8, 4) is 0 Å². The molecular formula is C30H38N4O10S. The van der Waals surface area contributed by atoms with Gasteiger partial charge in [-0.05, 0) is 37.8 Å². The van der Waals surface area contributed by atoms with Crippen LogP contribution in [0.15, 0.2) is 30.3 Å². The van der Waals surface area contributed by atoms with Crippen LogP contribution in [0.25, 0.3) is 0 Å². The molecule has 15 heteroatoms. The average Bonchev–Trinajstić information content (AvgIpc) is 3.66. The number of esters is 1. The van der Waals surface area contributed by atoms with Gasteiger partial charge in [0.05, 0.1) is 23.3 Å². The highest BCUT2D eigenvalue weighted by Crippen LogP contribution is 2.47. The number of imide groups is 1. The molecule has 5 N–H and O–H groups in total. The Bertz CT molecular complexity index is 1290. The number of nitrogens with one attached hydrogen (secondary N) is 2. The molecule has 3 fully saturated rings. The van der Waals surface area contributed by atoms with E-state index >= 15 is 0 Å². The van der Waals surface area contributed by atoms with E-state index in [2.05, 4.69) is 10.6 Å². The fourth-order valence-corrected chi connectivity index (χ4v) is 7.74. The van der Waals surface area contributed by atoms with Crippen molar-refractivity contribution >= 4 is 53.3 Å². The molecule has 45 heavy (non-hydrogen) atoms. The number of aliphatic carboxylic acids is 1. The first kappa shape index (κ1) is 33.9. The van der Waals surface area contributed by atoms with Crippen molar-refractivity contribution in [2.45, 2.75) is 87.1 Å². The van der Waals surface area contributed by atoms with Crippen molar-refractivity contribution in [2.24, 2.45) is 11.7 Å². The first-order chi connectivity index (χ1) is 21.5. The molecule has 3 aliphatic heterocycles. The summed E-state index contributed by atoms with van der Waals surface area (Å²) >= 11 is 1.43. The zero-order valence-corrected chi connectivity index (χ0v) is 25.6. The van der Waals surface area contributed by atoms with Gasteiger partial charge >= 0.3 is 23.9 Å². The van der Waals surface area contributed by atoms with Crippen molar-refractivity contribution in [3.05, 3.63) is 35.9 Å². The number of nitrogens with two attached hydrogens (primary N) is 1. The molecule has 0 aromatic heterocycles. The van der Waals surface area contributed by atoms with Gasteiger partial charge < -0.3 is 31.0 Å².